The van der Waals surface area contributed by atoms with E-state index in [2.05, 4.69) is 32.1 Å². The summed E-state index contributed by atoms with van der Waals surface area (Å²) in [6.45, 7) is 8.28. The molecule has 4 rings (SSSR count). The van der Waals surface area contributed by atoms with Crippen molar-refractivity contribution in [3.8, 4) is 0 Å². The molecular weight excluding hydrogens is 509 g/mol. The molecule has 1 amide bonds. The number of esters is 2. The van der Waals surface area contributed by atoms with E-state index >= 15 is 0 Å². The van der Waals surface area contributed by atoms with Crippen molar-refractivity contribution in [1.82, 2.24) is 0 Å². The lowest BCUT2D eigenvalue weighted by molar-refractivity contribution is -0.162. The van der Waals surface area contributed by atoms with Gasteiger partial charge in [-0.05, 0) is 61.9 Å². The number of carbonyl (C=O) groups is 3. The van der Waals surface area contributed by atoms with Crippen LogP contribution in [0.4, 0.5) is 0 Å². The fourth-order valence-electron chi connectivity index (χ4n) is 7.27. The van der Waals surface area contributed by atoms with Gasteiger partial charge in [0.2, 0.25) is 5.91 Å². The first-order valence-corrected chi connectivity index (χ1v) is 15.5. The summed E-state index contributed by atoms with van der Waals surface area (Å²) in [6.07, 6.45) is 12.8. The Morgan fingerprint density at radius 1 is 1.20 bits per heavy atom. The minimum atomic E-state index is -1.33. The summed E-state index contributed by atoms with van der Waals surface area (Å²) >= 11 is 0. The minimum Gasteiger partial charge on any atom is -0.462 e. The summed E-state index contributed by atoms with van der Waals surface area (Å²) in [4.78, 5) is 37.7. The van der Waals surface area contributed by atoms with Crippen LogP contribution < -0.4 is 5.73 Å². The molecule has 1 saturated heterocycles. The molecule has 8 nitrogen and oxygen atoms in total. The van der Waals surface area contributed by atoms with Crippen molar-refractivity contribution in [1.29, 1.82) is 0 Å². The molecule has 8 atom stereocenters. The maximum Gasteiger partial charge on any atom is 0.470 e. The first-order valence-electron chi connectivity index (χ1n) is 15.5. The third kappa shape index (κ3) is 6.84. The third-order valence-electron chi connectivity index (χ3n) is 9.95. The second kappa shape index (κ2) is 13.2. The molecular formula is C31H48BNO7. The Hall–Kier alpha value is -2.13. The predicted octanol–water partition coefficient (Wildman–Crippen LogP) is 4.89. The van der Waals surface area contributed by atoms with Gasteiger partial charge in [-0.3, -0.25) is 14.4 Å². The van der Waals surface area contributed by atoms with Crippen molar-refractivity contribution in [2.75, 3.05) is 0 Å². The van der Waals surface area contributed by atoms with Crippen molar-refractivity contribution in [3.05, 3.63) is 23.8 Å². The van der Waals surface area contributed by atoms with E-state index in [0.29, 0.717) is 31.6 Å². The summed E-state index contributed by atoms with van der Waals surface area (Å²) in [7, 11) is -1.33. The van der Waals surface area contributed by atoms with E-state index in [0.717, 1.165) is 38.5 Å². The monoisotopic (exact) mass is 557 g/mol. The smallest absolute Gasteiger partial charge is 0.462 e. The van der Waals surface area contributed by atoms with Gasteiger partial charge in [0.15, 0.2) is 0 Å². The van der Waals surface area contributed by atoms with Crippen LogP contribution in [-0.4, -0.2) is 48.3 Å². The van der Waals surface area contributed by atoms with Gasteiger partial charge in [0.1, 0.15) is 12.2 Å². The Labute approximate surface area is 239 Å². The minimum absolute atomic E-state index is 0.0476. The van der Waals surface area contributed by atoms with Gasteiger partial charge >= 0.3 is 19.1 Å². The quantitative estimate of drug-likeness (QED) is 0.289. The number of rotatable bonds is 10. The summed E-state index contributed by atoms with van der Waals surface area (Å²) in [6, 6.07) is 0. The van der Waals surface area contributed by atoms with Gasteiger partial charge in [0.25, 0.3) is 0 Å². The zero-order valence-electron chi connectivity index (χ0n) is 24.7. The number of primary amides is 1. The van der Waals surface area contributed by atoms with Crippen molar-refractivity contribution in [2.24, 2.45) is 35.3 Å². The summed E-state index contributed by atoms with van der Waals surface area (Å²) in [5.41, 5.74) is 6.96. The van der Waals surface area contributed by atoms with E-state index in [1.165, 1.54) is 5.57 Å². The molecule has 0 radical (unpaired) electrons. The van der Waals surface area contributed by atoms with Crippen LogP contribution in [0.2, 0.25) is 5.31 Å². The molecule has 2 fully saturated rings. The van der Waals surface area contributed by atoms with E-state index in [1.54, 1.807) is 0 Å². The highest BCUT2D eigenvalue weighted by Crippen LogP contribution is 2.47. The first kappa shape index (κ1) is 30.8. The average molecular weight is 558 g/mol. The zero-order chi connectivity index (χ0) is 29.0. The third-order valence-corrected chi connectivity index (χ3v) is 9.95. The number of hydrogen-bond acceptors (Lipinski definition) is 7. The normalized spacial score (nSPS) is 34.2. The lowest BCUT2D eigenvalue weighted by atomic mass is 9.50. The van der Waals surface area contributed by atoms with Crippen molar-refractivity contribution >= 4 is 25.0 Å². The molecule has 9 heteroatoms. The molecule has 0 aromatic heterocycles. The molecule has 3 N–H and O–H groups in total. The maximum atomic E-state index is 12.8. The first-order chi connectivity index (χ1) is 19.0. The molecule has 1 unspecified atom stereocenters. The van der Waals surface area contributed by atoms with Crippen LogP contribution in [0.5, 0.6) is 0 Å². The molecule has 0 aromatic carbocycles. The Morgan fingerprint density at radius 3 is 2.60 bits per heavy atom. The molecule has 0 bridgehead atoms. The van der Waals surface area contributed by atoms with Crippen LogP contribution in [0, 0.1) is 29.6 Å². The fraction of sp³-hybridized carbons (Fsp3) is 0.774. The maximum absolute atomic E-state index is 12.8. The number of ether oxygens (including phenoxy) is 2. The van der Waals surface area contributed by atoms with Crippen LogP contribution >= 0.6 is 0 Å². The van der Waals surface area contributed by atoms with E-state index in [4.69, 9.17) is 19.9 Å². The molecule has 4 aliphatic rings. The molecule has 1 aliphatic heterocycles. The SMILES string of the molecule is CC[C@@H](C)C(=O)O[C@H]1C[C@H](C)C=C2C=C[C@@H](C)[C@@H](CCC3C[C@@H](OB(O)C4(C(N)=O)CCCCC4)CC(=O)O3)[C@@H]21. The highest BCUT2D eigenvalue weighted by atomic mass is 16.6. The molecule has 0 spiro atoms. The van der Waals surface area contributed by atoms with Crippen molar-refractivity contribution < 1.29 is 33.5 Å². The number of fused-ring (bicyclic) bond motifs is 1. The second-order valence-corrected chi connectivity index (χ2v) is 12.9. The number of amides is 1. The number of carbonyl (C=O) groups excluding carboxylic acids is 3. The van der Waals surface area contributed by atoms with Crippen LogP contribution in [-0.2, 0) is 28.5 Å². The van der Waals surface area contributed by atoms with Gasteiger partial charge in [-0.15, -0.1) is 0 Å². The Morgan fingerprint density at radius 2 is 1.93 bits per heavy atom. The largest absolute Gasteiger partial charge is 0.470 e. The lowest BCUT2D eigenvalue weighted by Gasteiger charge is -2.43. The van der Waals surface area contributed by atoms with Gasteiger partial charge < -0.3 is 24.9 Å². The molecule has 3 aliphatic carbocycles. The van der Waals surface area contributed by atoms with Crippen LogP contribution in [0.25, 0.3) is 0 Å². The standard InChI is InChI=1S/C31H48BNO7/c1-5-20(3)29(35)39-26-16-19(2)15-22-10-9-21(4)25(28(22)26)12-11-23-17-24(18-27(34)38-23)40-32(37)31(30(33)36)13-7-6-8-14-31/h9-10,15,19-21,23-26,28,37H,5-8,11-14,16-18H2,1-4H3,(H2,33,36)/t19-,20-,21-,23?,24-,25-,26+,28-/m1/s1. The van der Waals surface area contributed by atoms with Gasteiger partial charge in [0, 0.05) is 12.3 Å². The van der Waals surface area contributed by atoms with E-state index in [-0.39, 0.29) is 54.2 Å². The van der Waals surface area contributed by atoms with Gasteiger partial charge in [-0.1, -0.05) is 65.2 Å². The number of cyclic esters (lactones) is 1. The Kier molecular flexibility index (Phi) is 10.2. The van der Waals surface area contributed by atoms with Crippen molar-refractivity contribution in [3.63, 3.8) is 0 Å². The van der Waals surface area contributed by atoms with Gasteiger partial charge in [0.05, 0.1) is 23.8 Å². The van der Waals surface area contributed by atoms with Gasteiger partial charge in [-0.2, -0.15) is 0 Å². The highest BCUT2D eigenvalue weighted by molar-refractivity contribution is 6.53. The molecule has 1 saturated carbocycles. The topological polar surface area (TPSA) is 125 Å². The Bertz CT molecular complexity index is 990. The van der Waals surface area contributed by atoms with E-state index < -0.39 is 24.4 Å². The predicted molar refractivity (Wildman–Crippen MR) is 153 cm³/mol. The fourth-order valence-corrected chi connectivity index (χ4v) is 7.27. The summed E-state index contributed by atoms with van der Waals surface area (Å²) in [5.74, 6) is -0.184. The molecule has 1 heterocycles. The van der Waals surface area contributed by atoms with Gasteiger partial charge in [-0.25, -0.2) is 0 Å². The second-order valence-electron chi connectivity index (χ2n) is 12.9. The average Bonchev–Trinajstić information content (AvgIpc) is 2.92. The Balaban J connectivity index is 1.42. The highest BCUT2D eigenvalue weighted by Gasteiger charge is 2.51. The van der Waals surface area contributed by atoms with E-state index in [9.17, 15) is 19.4 Å². The van der Waals surface area contributed by atoms with Crippen LogP contribution in [0.1, 0.15) is 98.3 Å². The zero-order valence-corrected chi connectivity index (χ0v) is 24.7. The van der Waals surface area contributed by atoms with Crippen molar-refractivity contribution in [2.45, 2.75) is 122 Å². The molecule has 40 heavy (non-hydrogen) atoms. The number of allylic oxidation sites excluding steroid dienone is 3. The summed E-state index contributed by atoms with van der Waals surface area (Å²) in [5, 5.41) is 9.87. The van der Waals surface area contributed by atoms with Crippen LogP contribution in [0.3, 0.4) is 0 Å². The number of nitrogens with two attached hydrogens (primary N) is 1. The van der Waals surface area contributed by atoms with E-state index in [1.807, 2.05) is 13.8 Å². The molecule has 222 valence electrons. The van der Waals surface area contributed by atoms with Crippen LogP contribution in [0.15, 0.2) is 23.8 Å². The number of hydrogen-bond donors (Lipinski definition) is 2. The summed E-state index contributed by atoms with van der Waals surface area (Å²) < 4.78 is 17.8. The molecule has 0 aromatic rings. The lowest BCUT2D eigenvalue weighted by Crippen LogP contribution is -2.49.